The first-order chi connectivity index (χ1) is 15.1. The predicted octanol–water partition coefficient (Wildman–Crippen LogP) is 6.49. The lowest BCUT2D eigenvalue weighted by Gasteiger charge is -2.11. The summed E-state index contributed by atoms with van der Waals surface area (Å²) in [6, 6.07) is 26.5. The van der Waals surface area contributed by atoms with Crippen molar-refractivity contribution in [3.63, 3.8) is 0 Å². The first-order valence-electron chi connectivity index (χ1n) is 9.59. The molecule has 1 N–H and O–H groups in total. The highest BCUT2D eigenvalue weighted by atomic mass is 35.5. The van der Waals surface area contributed by atoms with Crippen LogP contribution in [0.15, 0.2) is 90.0 Å². The van der Waals surface area contributed by atoms with Gasteiger partial charge in [-0.25, -0.2) is 5.43 Å². The van der Waals surface area contributed by atoms with Crippen LogP contribution in [0.5, 0.6) is 5.75 Å². The Labute approximate surface area is 190 Å². The average molecular weight is 449 g/mol. The Morgan fingerprint density at radius 3 is 2.55 bits per heavy atom. The number of carbonyl (C=O) groups is 1. The molecule has 1 amide bonds. The molecule has 0 unspecified atom stereocenters. The van der Waals surface area contributed by atoms with E-state index in [1.165, 1.54) is 11.5 Å². The molecule has 0 aliphatic heterocycles. The molecular weight excluding hydrogens is 431 g/mol. The molecule has 4 rings (SSSR count). The third-order valence-electron chi connectivity index (χ3n) is 4.73. The molecule has 0 fully saturated rings. The van der Waals surface area contributed by atoms with E-state index in [4.69, 9.17) is 27.9 Å². The summed E-state index contributed by atoms with van der Waals surface area (Å²) in [5, 5.41) is 7.08. The van der Waals surface area contributed by atoms with Gasteiger partial charge in [0.15, 0.2) is 0 Å². The molecule has 0 spiro atoms. The molecule has 31 heavy (non-hydrogen) atoms. The maximum atomic E-state index is 12.3. The number of nitrogens with zero attached hydrogens (tertiary/aromatic N) is 1. The Hall–Kier alpha value is -3.34. The van der Waals surface area contributed by atoms with E-state index in [2.05, 4.69) is 34.8 Å². The van der Waals surface area contributed by atoms with Crippen LogP contribution in [0.2, 0.25) is 10.0 Å². The van der Waals surface area contributed by atoms with Gasteiger partial charge in [0, 0.05) is 11.1 Å². The molecule has 4 aromatic rings. The molecule has 0 radical (unpaired) electrons. The topological polar surface area (TPSA) is 50.7 Å². The second kappa shape index (κ2) is 9.65. The van der Waals surface area contributed by atoms with Gasteiger partial charge in [0.05, 0.1) is 16.3 Å². The second-order valence-electron chi connectivity index (χ2n) is 6.79. The van der Waals surface area contributed by atoms with Gasteiger partial charge in [-0.2, -0.15) is 5.10 Å². The number of carbonyl (C=O) groups excluding carboxylic acids is 1. The number of amides is 1. The van der Waals surface area contributed by atoms with Gasteiger partial charge in [-0.15, -0.1) is 0 Å². The molecule has 0 atom stereocenters. The molecule has 0 heterocycles. The minimum absolute atomic E-state index is 0.311. The van der Waals surface area contributed by atoms with Crippen LogP contribution < -0.4 is 10.2 Å². The highest BCUT2D eigenvalue weighted by Crippen LogP contribution is 2.23. The van der Waals surface area contributed by atoms with E-state index in [1.807, 2.05) is 42.5 Å². The monoisotopic (exact) mass is 448 g/mol. The van der Waals surface area contributed by atoms with Gasteiger partial charge in [-0.3, -0.25) is 4.79 Å². The van der Waals surface area contributed by atoms with Crippen molar-refractivity contribution in [2.45, 2.75) is 6.61 Å². The van der Waals surface area contributed by atoms with Crippen molar-refractivity contribution in [3.05, 3.63) is 112 Å². The van der Waals surface area contributed by atoms with Crippen molar-refractivity contribution in [1.29, 1.82) is 0 Å². The molecule has 0 aliphatic rings. The number of ether oxygens (including phenoxy) is 1. The summed E-state index contributed by atoms with van der Waals surface area (Å²) in [5.41, 5.74) is 4.70. The predicted molar refractivity (Wildman–Crippen MR) is 126 cm³/mol. The van der Waals surface area contributed by atoms with E-state index >= 15 is 0 Å². The Morgan fingerprint density at radius 2 is 1.68 bits per heavy atom. The number of hydrazone groups is 1. The summed E-state index contributed by atoms with van der Waals surface area (Å²) in [6.45, 7) is 0.418. The maximum Gasteiger partial charge on any atom is 0.271 e. The molecule has 0 aromatic heterocycles. The third kappa shape index (κ3) is 5.05. The lowest BCUT2D eigenvalue weighted by atomic mass is 10.1. The van der Waals surface area contributed by atoms with Crippen LogP contribution in [-0.2, 0) is 6.61 Å². The summed E-state index contributed by atoms with van der Waals surface area (Å²) in [5.74, 6) is 0.284. The third-order valence-corrected chi connectivity index (χ3v) is 5.47. The number of hydrogen-bond donors (Lipinski definition) is 1. The van der Waals surface area contributed by atoms with Gasteiger partial charge in [-0.05, 0) is 46.7 Å². The first kappa shape index (κ1) is 20.9. The molecule has 0 saturated heterocycles. The summed E-state index contributed by atoms with van der Waals surface area (Å²) in [6.07, 6.45) is 1.55. The number of para-hydroxylation sites is 1. The minimum Gasteiger partial charge on any atom is -0.488 e. The van der Waals surface area contributed by atoms with E-state index < -0.39 is 0 Å². The van der Waals surface area contributed by atoms with Crippen LogP contribution in [-0.4, -0.2) is 12.1 Å². The molecular formula is C25H18Cl2N2O2. The molecule has 0 aliphatic carbocycles. The highest BCUT2D eigenvalue weighted by Gasteiger charge is 2.08. The lowest BCUT2D eigenvalue weighted by molar-refractivity contribution is 0.0955. The summed E-state index contributed by atoms with van der Waals surface area (Å²) in [4.78, 5) is 12.3. The normalized spacial score (nSPS) is 11.0. The molecule has 4 nitrogen and oxygen atoms in total. The van der Waals surface area contributed by atoms with Crippen LogP contribution in [0.3, 0.4) is 0 Å². The van der Waals surface area contributed by atoms with E-state index in [0.717, 1.165) is 16.5 Å². The highest BCUT2D eigenvalue weighted by molar-refractivity contribution is 6.42. The van der Waals surface area contributed by atoms with Gasteiger partial charge < -0.3 is 4.74 Å². The summed E-state index contributed by atoms with van der Waals surface area (Å²) < 4.78 is 6.07. The zero-order chi connectivity index (χ0) is 21.6. The van der Waals surface area contributed by atoms with E-state index in [9.17, 15) is 4.79 Å². The quantitative estimate of drug-likeness (QED) is 0.270. The molecule has 0 bridgehead atoms. The van der Waals surface area contributed by atoms with Crippen LogP contribution in [0.25, 0.3) is 10.8 Å². The van der Waals surface area contributed by atoms with Gasteiger partial charge in [0.25, 0.3) is 5.91 Å². The molecule has 154 valence electrons. The van der Waals surface area contributed by atoms with E-state index in [-0.39, 0.29) is 5.91 Å². The number of hydrogen-bond acceptors (Lipinski definition) is 3. The SMILES string of the molecule is O=C(N/N=C\c1ccccc1OCc1cccc2ccccc12)c1ccc(Cl)c(Cl)c1. The number of rotatable bonds is 6. The van der Waals surface area contributed by atoms with Crippen LogP contribution in [0, 0.1) is 0 Å². The molecule has 4 aromatic carbocycles. The minimum atomic E-state index is -0.385. The number of halogens is 2. The number of benzene rings is 4. The summed E-state index contributed by atoms with van der Waals surface area (Å²) >= 11 is 11.8. The second-order valence-corrected chi connectivity index (χ2v) is 7.61. The zero-order valence-electron chi connectivity index (χ0n) is 16.4. The Balaban J connectivity index is 1.45. The molecule has 0 saturated carbocycles. The maximum absolute atomic E-state index is 12.3. The van der Waals surface area contributed by atoms with Crippen LogP contribution in [0.1, 0.15) is 21.5 Å². The van der Waals surface area contributed by atoms with E-state index in [1.54, 1.807) is 18.3 Å². The number of fused-ring (bicyclic) bond motifs is 1. The van der Waals surface area contributed by atoms with Crippen molar-refractivity contribution < 1.29 is 9.53 Å². The van der Waals surface area contributed by atoms with Gasteiger partial charge in [-0.1, -0.05) is 77.8 Å². The summed E-state index contributed by atoms with van der Waals surface area (Å²) in [7, 11) is 0. The van der Waals surface area contributed by atoms with Crippen LogP contribution >= 0.6 is 23.2 Å². The lowest BCUT2D eigenvalue weighted by Crippen LogP contribution is -2.17. The van der Waals surface area contributed by atoms with Gasteiger partial charge in [0.2, 0.25) is 0 Å². The Kier molecular flexibility index (Phi) is 6.51. The van der Waals surface area contributed by atoms with E-state index in [0.29, 0.717) is 28.0 Å². The van der Waals surface area contributed by atoms with Crippen molar-refractivity contribution >= 4 is 46.1 Å². The van der Waals surface area contributed by atoms with Crippen LogP contribution in [0.4, 0.5) is 0 Å². The first-order valence-corrected chi connectivity index (χ1v) is 10.3. The number of nitrogens with one attached hydrogen (secondary N) is 1. The van der Waals surface area contributed by atoms with Gasteiger partial charge >= 0.3 is 0 Å². The molecule has 6 heteroatoms. The van der Waals surface area contributed by atoms with Gasteiger partial charge in [0.1, 0.15) is 12.4 Å². The Morgan fingerprint density at radius 1 is 0.903 bits per heavy atom. The fourth-order valence-corrected chi connectivity index (χ4v) is 3.45. The smallest absolute Gasteiger partial charge is 0.271 e. The fraction of sp³-hybridized carbons (Fsp3) is 0.0400. The largest absolute Gasteiger partial charge is 0.488 e. The average Bonchev–Trinajstić information content (AvgIpc) is 2.80. The fourth-order valence-electron chi connectivity index (χ4n) is 3.15. The Bertz CT molecular complexity index is 1270. The van der Waals surface area contributed by atoms with Crippen molar-refractivity contribution in [2.75, 3.05) is 0 Å². The zero-order valence-corrected chi connectivity index (χ0v) is 17.9. The standard InChI is InChI=1S/C25H18Cl2N2O2/c26-22-13-12-18(14-23(22)27)25(30)29-28-15-19-7-2-4-11-24(19)31-16-20-9-5-8-17-6-1-3-10-21(17)20/h1-15H,16H2,(H,29,30)/b28-15-. The van der Waals surface area contributed by atoms with Crippen molar-refractivity contribution in [2.24, 2.45) is 5.10 Å². The van der Waals surface area contributed by atoms with Crippen molar-refractivity contribution in [3.8, 4) is 5.75 Å². The van der Waals surface area contributed by atoms with Crippen molar-refractivity contribution in [1.82, 2.24) is 5.43 Å².